The van der Waals surface area contributed by atoms with E-state index in [4.69, 9.17) is 0 Å². The van der Waals surface area contributed by atoms with E-state index in [9.17, 15) is 0 Å². The van der Waals surface area contributed by atoms with E-state index in [1.807, 2.05) is 18.5 Å². The van der Waals surface area contributed by atoms with Gasteiger partial charge in [0.15, 0.2) is 0 Å². The van der Waals surface area contributed by atoms with Gasteiger partial charge in [-0.3, -0.25) is 4.98 Å². The minimum atomic E-state index is 0.866. The lowest BCUT2D eigenvalue weighted by Gasteiger charge is -2.08. The van der Waals surface area contributed by atoms with Crippen LogP contribution in [0.4, 0.5) is 5.69 Å². The van der Waals surface area contributed by atoms with Crippen molar-refractivity contribution in [1.82, 2.24) is 4.98 Å². The van der Waals surface area contributed by atoms with Gasteiger partial charge in [0.05, 0.1) is 0 Å². The standard InChI is InChI=1S/C14H12N2S/c1-2-12-9-15-6-4-13(12)14(3-1)16-8-11-5-7-17-10-11/h1-7,9-10,16H,8H2. The van der Waals surface area contributed by atoms with Gasteiger partial charge in [0.25, 0.3) is 0 Å². The van der Waals surface area contributed by atoms with Crippen LogP contribution in [0.5, 0.6) is 0 Å². The number of fused-ring (bicyclic) bond motifs is 1. The van der Waals surface area contributed by atoms with E-state index in [0.717, 1.165) is 12.2 Å². The van der Waals surface area contributed by atoms with Crippen LogP contribution in [0, 0.1) is 0 Å². The fraction of sp³-hybridized carbons (Fsp3) is 0.0714. The molecule has 3 rings (SSSR count). The molecule has 2 heterocycles. The number of pyridine rings is 1. The predicted octanol–water partition coefficient (Wildman–Crippen LogP) is 3.91. The minimum absolute atomic E-state index is 0.866. The molecule has 0 fully saturated rings. The Bertz CT molecular complexity index is 612. The lowest BCUT2D eigenvalue weighted by molar-refractivity contribution is 1.17. The summed E-state index contributed by atoms with van der Waals surface area (Å²) in [6.07, 6.45) is 3.73. The molecule has 1 aromatic carbocycles. The molecule has 0 aliphatic rings. The number of nitrogens with zero attached hydrogens (tertiary/aromatic N) is 1. The molecule has 0 amide bonds. The van der Waals surface area contributed by atoms with Gasteiger partial charge in [-0.15, -0.1) is 0 Å². The maximum atomic E-state index is 4.14. The first-order chi connectivity index (χ1) is 8.43. The SMILES string of the molecule is c1cc(NCc2ccsc2)c2ccncc2c1. The number of thiophene rings is 1. The zero-order valence-corrected chi connectivity index (χ0v) is 10.1. The summed E-state index contributed by atoms with van der Waals surface area (Å²) in [5.74, 6) is 0. The van der Waals surface area contributed by atoms with Crippen LogP contribution < -0.4 is 5.32 Å². The molecular formula is C14H12N2S. The maximum Gasteiger partial charge on any atom is 0.0423 e. The van der Waals surface area contributed by atoms with E-state index in [0.29, 0.717) is 0 Å². The summed E-state index contributed by atoms with van der Waals surface area (Å²) in [6, 6.07) is 10.4. The molecule has 0 atom stereocenters. The molecule has 0 saturated carbocycles. The van der Waals surface area contributed by atoms with Crippen molar-refractivity contribution in [1.29, 1.82) is 0 Å². The van der Waals surface area contributed by atoms with Gasteiger partial charge in [-0.1, -0.05) is 12.1 Å². The lowest BCUT2D eigenvalue weighted by Crippen LogP contribution is -1.98. The van der Waals surface area contributed by atoms with E-state index < -0.39 is 0 Å². The average Bonchev–Trinajstić information content (AvgIpc) is 2.89. The normalized spacial score (nSPS) is 10.6. The second kappa shape index (κ2) is 4.55. The minimum Gasteiger partial charge on any atom is -0.380 e. The van der Waals surface area contributed by atoms with E-state index in [1.54, 1.807) is 11.3 Å². The molecule has 1 N–H and O–H groups in total. The fourth-order valence-electron chi connectivity index (χ4n) is 1.87. The smallest absolute Gasteiger partial charge is 0.0423 e. The van der Waals surface area contributed by atoms with Crippen molar-refractivity contribution in [3.05, 3.63) is 59.0 Å². The van der Waals surface area contributed by atoms with Crippen LogP contribution in [0.25, 0.3) is 10.8 Å². The zero-order chi connectivity index (χ0) is 11.5. The molecule has 84 valence electrons. The molecule has 17 heavy (non-hydrogen) atoms. The number of hydrogen-bond donors (Lipinski definition) is 1. The lowest BCUT2D eigenvalue weighted by atomic mass is 10.1. The van der Waals surface area contributed by atoms with Gasteiger partial charge in [0, 0.05) is 35.4 Å². The van der Waals surface area contributed by atoms with Gasteiger partial charge < -0.3 is 5.32 Å². The van der Waals surface area contributed by atoms with E-state index in [1.165, 1.54) is 16.3 Å². The van der Waals surface area contributed by atoms with Gasteiger partial charge in [-0.05, 0) is 34.5 Å². The van der Waals surface area contributed by atoms with E-state index >= 15 is 0 Å². The highest BCUT2D eigenvalue weighted by Crippen LogP contribution is 2.22. The van der Waals surface area contributed by atoms with Crippen molar-refractivity contribution < 1.29 is 0 Å². The Labute approximate surface area is 104 Å². The van der Waals surface area contributed by atoms with Crippen LogP contribution in [0.15, 0.2) is 53.5 Å². The van der Waals surface area contributed by atoms with Crippen LogP contribution in [0.1, 0.15) is 5.56 Å². The van der Waals surface area contributed by atoms with E-state index in [-0.39, 0.29) is 0 Å². The molecule has 3 heteroatoms. The number of anilines is 1. The zero-order valence-electron chi connectivity index (χ0n) is 9.26. The Morgan fingerprint density at radius 1 is 1.18 bits per heavy atom. The summed E-state index contributed by atoms with van der Waals surface area (Å²) in [6.45, 7) is 0.866. The van der Waals surface area contributed by atoms with Gasteiger partial charge in [0.2, 0.25) is 0 Å². The third kappa shape index (κ3) is 2.15. The topological polar surface area (TPSA) is 24.9 Å². The molecule has 0 bridgehead atoms. The molecule has 0 saturated heterocycles. The van der Waals surface area contributed by atoms with Crippen LogP contribution >= 0.6 is 11.3 Å². The summed E-state index contributed by atoms with van der Waals surface area (Å²) in [7, 11) is 0. The average molecular weight is 240 g/mol. The first-order valence-corrected chi connectivity index (χ1v) is 6.45. The quantitative estimate of drug-likeness (QED) is 0.750. The highest BCUT2D eigenvalue weighted by molar-refractivity contribution is 7.07. The second-order valence-electron chi connectivity index (χ2n) is 3.89. The number of hydrogen-bond acceptors (Lipinski definition) is 3. The fourth-order valence-corrected chi connectivity index (χ4v) is 2.54. The van der Waals surface area contributed by atoms with Gasteiger partial charge in [-0.25, -0.2) is 0 Å². The third-order valence-electron chi connectivity index (χ3n) is 2.74. The van der Waals surface area contributed by atoms with Gasteiger partial charge >= 0.3 is 0 Å². The van der Waals surface area contributed by atoms with Crippen molar-refractivity contribution in [3.8, 4) is 0 Å². The Morgan fingerprint density at radius 2 is 2.18 bits per heavy atom. The van der Waals surface area contributed by atoms with Crippen molar-refractivity contribution in [2.24, 2.45) is 0 Å². The highest BCUT2D eigenvalue weighted by atomic mass is 32.1. The van der Waals surface area contributed by atoms with Gasteiger partial charge in [0.1, 0.15) is 0 Å². The van der Waals surface area contributed by atoms with Crippen LogP contribution in [-0.4, -0.2) is 4.98 Å². The largest absolute Gasteiger partial charge is 0.380 e. The Balaban J connectivity index is 1.90. The number of aromatic nitrogens is 1. The Kier molecular flexibility index (Phi) is 2.76. The maximum absolute atomic E-state index is 4.14. The first-order valence-electron chi connectivity index (χ1n) is 5.51. The highest BCUT2D eigenvalue weighted by Gasteiger charge is 2.00. The van der Waals surface area contributed by atoms with E-state index in [2.05, 4.69) is 45.3 Å². The number of nitrogens with one attached hydrogen (secondary N) is 1. The molecule has 3 aromatic rings. The predicted molar refractivity (Wildman–Crippen MR) is 73.4 cm³/mol. The summed E-state index contributed by atoms with van der Waals surface area (Å²) in [5, 5.41) is 10.1. The monoisotopic (exact) mass is 240 g/mol. The third-order valence-corrected chi connectivity index (χ3v) is 3.48. The molecule has 2 nitrogen and oxygen atoms in total. The Hall–Kier alpha value is -1.87. The summed E-state index contributed by atoms with van der Waals surface area (Å²) in [5.41, 5.74) is 2.48. The van der Waals surface area contributed by atoms with Crippen molar-refractivity contribution >= 4 is 27.8 Å². The van der Waals surface area contributed by atoms with Crippen LogP contribution in [0.2, 0.25) is 0 Å². The van der Waals surface area contributed by atoms with Crippen molar-refractivity contribution in [2.75, 3.05) is 5.32 Å². The summed E-state index contributed by atoms with van der Waals surface area (Å²) >= 11 is 1.73. The van der Waals surface area contributed by atoms with Crippen molar-refractivity contribution in [3.63, 3.8) is 0 Å². The molecule has 0 aliphatic carbocycles. The van der Waals surface area contributed by atoms with Gasteiger partial charge in [-0.2, -0.15) is 11.3 Å². The molecule has 0 spiro atoms. The summed E-state index contributed by atoms with van der Waals surface area (Å²) in [4.78, 5) is 4.14. The number of rotatable bonds is 3. The molecule has 2 aromatic heterocycles. The van der Waals surface area contributed by atoms with Crippen LogP contribution in [-0.2, 0) is 6.54 Å². The Morgan fingerprint density at radius 3 is 3.06 bits per heavy atom. The van der Waals surface area contributed by atoms with Crippen LogP contribution in [0.3, 0.4) is 0 Å². The second-order valence-corrected chi connectivity index (χ2v) is 4.67. The molecule has 0 unspecified atom stereocenters. The van der Waals surface area contributed by atoms with Crippen molar-refractivity contribution in [2.45, 2.75) is 6.54 Å². The molecular weight excluding hydrogens is 228 g/mol. The number of benzene rings is 1. The summed E-state index contributed by atoms with van der Waals surface area (Å²) < 4.78 is 0. The molecule has 0 aliphatic heterocycles. The molecule has 0 radical (unpaired) electrons. The first kappa shape index (κ1) is 10.3.